The number of halogens is 1. The van der Waals surface area contributed by atoms with Gasteiger partial charge in [0.05, 0.1) is 0 Å². The van der Waals surface area contributed by atoms with Gasteiger partial charge in [0.1, 0.15) is 6.29 Å². The lowest BCUT2D eigenvalue weighted by Gasteiger charge is -2.11. The summed E-state index contributed by atoms with van der Waals surface area (Å²) in [6.07, 6.45) is 1.35. The van der Waals surface area contributed by atoms with Gasteiger partial charge >= 0.3 is 0 Å². The number of benzene rings is 1. The van der Waals surface area contributed by atoms with E-state index in [0.29, 0.717) is 22.9 Å². The van der Waals surface area contributed by atoms with Crippen molar-refractivity contribution < 1.29 is 14.3 Å². The molecule has 1 unspecified atom stereocenters. The molecule has 0 fully saturated rings. The van der Waals surface area contributed by atoms with Crippen LogP contribution in [0.4, 0.5) is 0 Å². The van der Waals surface area contributed by atoms with Crippen molar-refractivity contribution in [2.24, 2.45) is 0 Å². The number of aldehydes is 1. The van der Waals surface area contributed by atoms with Crippen molar-refractivity contribution in [3.8, 4) is 11.5 Å². The van der Waals surface area contributed by atoms with Gasteiger partial charge in [-0.1, -0.05) is 18.5 Å². The van der Waals surface area contributed by atoms with E-state index >= 15 is 0 Å². The highest BCUT2D eigenvalue weighted by Crippen LogP contribution is 2.39. The van der Waals surface area contributed by atoms with Crippen molar-refractivity contribution in [1.82, 2.24) is 0 Å². The summed E-state index contributed by atoms with van der Waals surface area (Å²) in [5.41, 5.74) is 0.924. The lowest BCUT2D eigenvalue weighted by molar-refractivity contribution is -0.108. The van der Waals surface area contributed by atoms with Crippen molar-refractivity contribution in [1.29, 1.82) is 0 Å². The normalized spacial score (nSPS) is 15.1. The fourth-order valence-corrected chi connectivity index (χ4v) is 1.92. The van der Waals surface area contributed by atoms with Crippen LogP contribution in [0.1, 0.15) is 24.8 Å². The van der Waals surface area contributed by atoms with Gasteiger partial charge in [0.15, 0.2) is 11.5 Å². The predicted molar refractivity (Wildman–Crippen MR) is 56.7 cm³/mol. The lowest BCUT2D eigenvalue weighted by Crippen LogP contribution is -1.95. The van der Waals surface area contributed by atoms with Crippen molar-refractivity contribution >= 4 is 17.9 Å². The summed E-state index contributed by atoms with van der Waals surface area (Å²) in [7, 11) is 0. The van der Waals surface area contributed by atoms with E-state index in [1.54, 1.807) is 6.07 Å². The summed E-state index contributed by atoms with van der Waals surface area (Å²) in [4.78, 5) is 10.4. The van der Waals surface area contributed by atoms with Crippen LogP contribution in [0.15, 0.2) is 12.1 Å². The Morgan fingerprint density at radius 2 is 2.13 bits per heavy atom. The van der Waals surface area contributed by atoms with E-state index in [2.05, 4.69) is 0 Å². The average Bonchev–Trinajstić information content (AvgIpc) is 2.63. The Kier molecular flexibility index (Phi) is 2.82. The second-order valence-corrected chi connectivity index (χ2v) is 3.94. The number of hydrogen-bond acceptors (Lipinski definition) is 3. The van der Waals surface area contributed by atoms with Crippen molar-refractivity contribution in [3.05, 3.63) is 22.7 Å². The van der Waals surface area contributed by atoms with Crippen molar-refractivity contribution in [3.63, 3.8) is 0 Å². The molecule has 80 valence electrons. The van der Waals surface area contributed by atoms with Crippen LogP contribution in [0.3, 0.4) is 0 Å². The lowest BCUT2D eigenvalue weighted by atomic mass is 9.98. The highest BCUT2D eigenvalue weighted by atomic mass is 35.5. The summed E-state index contributed by atoms with van der Waals surface area (Å²) >= 11 is 6.09. The van der Waals surface area contributed by atoms with Crippen LogP contribution in [0.2, 0.25) is 5.02 Å². The first-order valence-electron chi connectivity index (χ1n) is 4.75. The summed E-state index contributed by atoms with van der Waals surface area (Å²) in [5, 5.41) is 0.619. The molecule has 0 saturated heterocycles. The van der Waals surface area contributed by atoms with E-state index in [0.717, 1.165) is 11.8 Å². The zero-order valence-corrected chi connectivity index (χ0v) is 9.08. The Morgan fingerprint density at radius 3 is 2.80 bits per heavy atom. The van der Waals surface area contributed by atoms with Crippen molar-refractivity contribution in [2.75, 3.05) is 6.79 Å². The molecule has 1 atom stereocenters. The van der Waals surface area contributed by atoms with E-state index in [1.807, 2.05) is 13.0 Å². The number of ether oxygens (including phenoxy) is 2. The van der Waals surface area contributed by atoms with E-state index in [1.165, 1.54) is 0 Å². The van der Waals surface area contributed by atoms with Crippen LogP contribution in [-0.4, -0.2) is 13.1 Å². The Balaban J connectivity index is 2.35. The minimum atomic E-state index is 0.101. The maximum absolute atomic E-state index is 10.4. The molecular weight excluding hydrogens is 216 g/mol. The molecule has 1 aromatic carbocycles. The molecule has 15 heavy (non-hydrogen) atoms. The Morgan fingerprint density at radius 1 is 1.47 bits per heavy atom. The molecule has 1 heterocycles. The first kappa shape index (κ1) is 10.3. The van der Waals surface area contributed by atoms with Gasteiger partial charge in [0.2, 0.25) is 6.79 Å². The number of hydrogen-bond donors (Lipinski definition) is 0. The number of carbonyl (C=O) groups excluding carboxylic acids is 1. The quantitative estimate of drug-likeness (QED) is 0.744. The second-order valence-electron chi connectivity index (χ2n) is 3.53. The van der Waals surface area contributed by atoms with Crippen LogP contribution < -0.4 is 9.47 Å². The zero-order valence-electron chi connectivity index (χ0n) is 8.33. The smallest absolute Gasteiger partial charge is 0.231 e. The zero-order chi connectivity index (χ0) is 10.8. The summed E-state index contributed by atoms with van der Waals surface area (Å²) in [6, 6.07) is 3.58. The van der Waals surface area contributed by atoms with Crippen LogP contribution in [0, 0.1) is 0 Å². The van der Waals surface area contributed by atoms with E-state index in [4.69, 9.17) is 21.1 Å². The first-order chi connectivity index (χ1) is 7.22. The van der Waals surface area contributed by atoms with Gasteiger partial charge in [-0.15, -0.1) is 0 Å². The fourth-order valence-electron chi connectivity index (χ4n) is 1.58. The molecule has 0 spiro atoms. The molecule has 0 radical (unpaired) electrons. The van der Waals surface area contributed by atoms with Gasteiger partial charge < -0.3 is 14.3 Å². The molecule has 0 aliphatic carbocycles. The first-order valence-corrected chi connectivity index (χ1v) is 5.13. The summed E-state index contributed by atoms with van der Waals surface area (Å²) in [6.45, 7) is 2.19. The van der Waals surface area contributed by atoms with E-state index in [9.17, 15) is 4.79 Å². The van der Waals surface area contributed by atoms with Gasteiger partial charge in [0.25, 0.3) is 0 Å². The molecule has 1 aromatic rings. The SMILES string of the molecule is CC(CC=O)c1cc2c(cc1Cl)OCO2. The van der Waals surface area contributed by atoms with Gasteiger partial charge in [-0.25, -0.2) is 0 Å². The maximum atomic E-state index is 10.4. The minimum Gasteiger partial charge on any atom is -0.454 e. The largest absolute Gasteiger partial charge is 0.454 e. The van der Waals surface area contributed by atoms with Crippen molar-refractivity contribution in [2.45, 2.75) is 19.3 Å². The molecule has 2 rings (SSSR count). The number of rotatable bonds is 3. The van der Waals surface area contributed by atoms with Crippen LogP contribution in [-0.2, 0) is 4.79 Å². The van der Waals surface area contributed by atoms with Gasteiger partial charge in [-0.3, -0.25) is 0 Å². The molecule has 0 amide bonds. The predicted octanol–water partition coefficient (Wildman–Crippen LogP) is 2.76. The second kappa shape index (κ2) is 4.11. The Hall–Kier alpha value is -1.22. The molecule has 1 aliphatic heterocycles. The molecule has 3 nitrogen and oxygen atoms in total. The summed E-state index contributed by atoms with van der Waals surface area (Å²) < 4.78 is 10.5. The van der Waals surface area contributed by atoms with Gasteiger partial charge in [-0.05, 0) is 17.5 Å². The van der Waals surface area contributed by atoms with E-state index < -0.39 is 0 Å². The van der Waals surface area contributed by atoms with E-state index in [-0.39, 0.29) is 12.7 Å². The molecule has 0 aromatic heterocycles. The topological polar surface area (TPSA) is 35.5 Å². The maximum Gasteiger partial charge on any atom is 0.231 e. The monoisotopic (exact) mass is 226 g/mol. The molecule has 4 heteroatoms. The molecule has 0 saturated carbocycles. The summed E-state index contributed by atoms with van der Waals surface area (Å²) in [5.74, 6) is 1.47. The highest BCUT2D eigenvalue weighted by Gasteiger charge is 2.19. The Labute approximate surface area is 92.9 Å². The highest BCUT2D eigenvalue weighted by molar-refractivity contribution is 6.31. The molecule has 0 bridgehead atoms. The standard InChI is InChI=1S/C11H11ClO3/c1-7(2-3-13)8-4-10-11(5-9(8)12)15-6-14-10/h3-5,7H,2,6H2,1H3. The molecular formula is C11H11ClO3. The van der Waals surface area contributed by atoms with Crippen LogP contribution in [0.5, 0.6) is 11.5 Å². The molecule has 0 N–H and O–H groups in total. The Bertz CT molecular complexity index is 390. The third-order valence-corrected chi connectivity index (χ3v) is 2.80. The fraction of sp³-hybridized carbons (Fsp3) is 0.364. The van der Waals surface area contributed by atoms with Gasteiger partial charge in [-0.2, -0.15) is 0 Å². The number of fused-ring (bicyclic) bond motifs is 1. The third kappa shape index (κ3) is 1.92. The minimum absolute atomic E-state index is 0.101. The average molecular weight is 227 g/mol. The molecule has 1 aliphatic rings. The third-order valence-electron chi connectivity index (χ3n) is 2.47. The van der Waals surface area contributed by atoms with Crippen LogP contribution >= 0.6 is 11.6 Å². The number of carbonyl (C=O) groups is 1. The van der Waals surface area contributed by atoms with Crippen LogP contribution in [0.25, 0.3) is 0 Å². The van der Waals surface area contributed by atoms with Gasteiger partial charge in [0, 0.05) is 17.5 Å².